The lowest BCUT2D eigenvalue weighted by Gasteiger charge is -2.07. The summed E-state index contributed by atoms with van der Waals surface area (Å²) < 4.78 is 4.10. The predicted octanol–water partition coefficient (Wildman–Crippen LogP) is 6.89. The summed E-state index contributed by atoms with van der Waals surface area (Å²) in [5.41, 5.74) is 5.71. The molecule has 1 aliphatic carbocycles. The number of aromatic nitrogens is 8. The largest absolute Gasteiger partial charge is 0.315 e. The second-order valence-electron chi connectivity index (χ2n) is 9.65. The van der Waals surface area contributed by atoms with Crippen molar-refractivity contribution in [2.75, 3.05) is 0 Å². The lowest BCUT2D eigenvalue weighted by molar-refractivity contribution is 0.637. The van der Waals surface area contributed by atoms with Gasteiger partial charge in [-0.25, -0.2) is 29.9 Å². The fourth-order valence-corrected chi connectivity index (χ4v) is 4.01. The van der Waals surface area contributed by atoms with E-state index in [0.717, 1.165) is 57.8 Å². The minimum atomic E-state index is 0.318. The van der Waals surface area contributed by atoms with Crippen LogP contribution in [0.5, 0.6) is 0 Å². The molecule has 9 nitrogen and oxygen atoms in total. The van der Waals surface area contributed by atoms with Crippen LogP contribution < -0.4 is 0 Å². The Morgan fingerprint density at radius 1 is 0.789 bits per heavy atom. The fourth-order valence-electron chi connectivity index (χ4n) is 4.01. The molecular formula is C29H45N9. The highest BCUT2D eigenvalue weighted by Crippen LogP contribution is 2.32. The smallest absolute Gasteiger partial charge is 0.163 e. The van der Waals surface area contributed by atoms with Gasteiger partial charge < -0.3 is 9.13 Å². The lowest BCUT2D eigenvalue weighted by atomic mass is 10.1. The van der Waals surface area contributed by atoms with Gasteiger partial charge in [-0.3, -0.25) is 0 Å². The summed E-state index contributed by atoms with van der Waals surface area (Å²) >= 11 is 0. The molecule has 1 saturated carbocycles. The monoisotopic (exact) mass is 519 g/mol. The molecule has 0 unspecified atom stereocenters. The molecule has 0 saturated heterocycles. The Bertz CT molecular complexity index is 1340. The number of imidazole rings is 2. The third-order valence-electron chi connectivity index (χ3n) is 5.92. The first-order chi connectivity index (χ1) is 18.3. The van der Waals surface area contributed by atoms with Gasteiger partial charge in [-0.05, 0) is 44.4 Å². The van der Waals surface area contributed by atoms with E-state index in [0.29, 0.717) is 24.8 Å². The fraction of sp³-hybridized carbons (Fsp3) is 0.621. The third kappa shape index (κ3) is 7.56. The molecule has 0 spiro atoms. The van der Waals surface area contributed by atoms with E-state index in [4.69, 9.17) is 5.26 Å². The number of aryl methyl sites for hydroxylation is 3. The number of hydrogen-bond donors (Lipinski definition) is 0. The van der Waals surface area contributed by atoms with Crippen molar-refractivity contribution in [1.29, 1.82) is 5.26 Å². The molecule has 0 radical (unpaired) electrons. The van der Waals surface area contributed by atoms with Gasteiger partial charge in [-0.15, -0.1) is 0 Å². The van der Waals surface area contributed by atoms with E-state index in [-0.39, 0.29) is 0 Å². The Morgan fingerprint density at radius 2 is 1.24 bits per heavy atom. The third-order valence-corrected chi connectivity index (χ3v) is 5.92. The van der Waals surface area contributed by atoms with Crippen LogP contribution in [0.3, 0.4) is 0 Å². The van der Waals surface area contributed by atoms with E-state index in [1.54, 1.807) is 6.33 Å². The number of fused-ring (bicyclic) bond motifs is 2. The van der Waals surface area contributed by atoms with Crippen molar-refractivity contribution in [3.63, 3.8) is 0 Å². The highest BCUT2D eigenvalue weighted by Gasteiger charge is 2.23. The summed E-state index contributed by atoms with van der Waals surface area (Å²) in [4.78, 5) is 26.8. The van der Waals surface area contributed by atoms with Crippen LogP contribution in [-0.2, 0) is 13.1 Å². The van der Waals surface area contributed by atoms with E-state index < -0.39 is 0 Å². The van der Waals surface area contributed by atoms with Gasteiger partial charge in [0.1, 0.15) is 22.7 Å². The summed E-state index contributed by atoms with van der Waals surface area (Å²) in [6.45, 7) is 22.0. The van der Waals surface area contributed by atoms with Crippen LogP contribution in [0.15, 0.2) is 12.7 Å². The summed E-state index contributed by atoms with van der Waals surface area (Å²) in [5, 5.41) is 8.62. The number of rotatable bonds is 6. The highest BCUT2D eigenvalue weighted by atomic mass is 15.1. The molecule has 4 aromatic heterocycles. The van der Waals surface area contributed by atoms with Gasteiger partial charge in [0.2, 0.25) is 0 Å². The van der Waals surface area contributed by atoms with E-state index in [1.165, 1.54) is 12.8 Å². The van der Waals surface area contributed by atoms with E-state index in [9.17, 15) is 0 Å². The molecule has 4 aromatic rings. The molecule has 0 aliphatic heterocycles. The Balaban J connectivity index is 0.000000236. The van der Waals surface area contributed by atoms with E-state index in [2.05, 4.69) is 68.2 Å². The Hall–Kier alpha value is -3.41. The highest BCUT2D eigenvalue weighted by molar-refractivity contribution is 5.74. The van der Waals surface area contributed by atoms with Crippen molar-refractivity contribution in [2.45, 2.75) is 113 Å². The Labute approximate surface area is 227 Å². The molecule has 1 fully saturated rings. The van der Waals surface area contributed by atoms with Crippen LogP contribution in [0.25, 0.3) is 22.3 Å². The molecule has 1 aliphatic rings. The second-order valence-corrected chi connectivity index (χ2v) is 9.65. The maximum Gasteiger partial charge on any atom is 0.163 e. The van der Waals surface area contributed by atoms with Crippen LogP contribution >= 0.6 is 0 Å². The van der Waals surface area contributed by atoms with Gasteiger partial charge in [0.05, 0.1) is 36.5 Å². The van der Waals surface area contributed by atoms with E-state index in [1.807, 2.05) is 52.4 Å². The molecule has 0 atom stereocenters. The molecule has 0 bridgehead atoms. The first kappa shape index (κ1) is 30.8. The van der Waals surface area contributed by atoms with Crippen molar-refractivity contribution in [3.8, 4) is 6.07 Å². The molecule has 0 aromatic carbocycles. The summed E-state index contributed by atoms with van der Waals surface area (Å²) in [6.07, 6.45) is 6.82. The second kappa shape index (κ2) is 14.5. The molecule has 38 heavy (non-hydrogen) atoms. The van der Waals surface area contributed by atoms with E-state index >= 15 is 0 Å². The molecule has 0 amide bonds. The van der Waals surface area contributed by atoms with Crippen molar-refractivity contribution in [1.82, 2.24) is 39.0 Å². The quantitative estimate of drug-likeness (QED) is 0.272. The first-order valence-corrected chi connectivity index (χ1v) is 14.0. The van der Waals surface area contributed by atoms with Crippen LogP contribution in [0.4, 0.5) is 0 Å². The number of hydrogen-bond acceptors (Lipinski definition) is 7. The molecule has 206 valence electrons. The van der Waals surface area contributed by atoms with Crippen molar-refractivity contribution in [3.05, 3.63) is 35.7 Å². The van der Waals surface area contributed by atoms with Gasteiger partial charge in [0.25, 0.3) is 0 Å². The average molecular weight is 520 g/mol. The number of nitrogens with zero attached hydrogens (tertiary/aromatic N) is 9. The Morgan fingerprint density at radius 3 is 1.66 bits per heavy atom. The molecule has 0 N–H and O–H groups in total. The molecule has 4 heterocycles. The molecule has 5 rings (SSSR count). The first-order valence-electron chi connectivity index (χ1n) is 14.0. The van der Waals surface area contributed by atoms with Gasteiger partial charge in [0, 0.05) is 13.1 Å². The maximum absolute atomic E-state index is 8.62. The normalized spacial score (nSPS) is 12.4. The van der Waals surface area contributed by atoms with Gasteiger partial charge in [-0.2, -0.15) is 5.26 Å². The van der Waals surface area contributed by atoms with Crippen LogP contribution in [0.2, 0.25) is 0 Å². The average Bonchev–Trinajstić information content (AvgIpc) is 3.51. The van der Waals surface area contributed by atoms with Gasteiger partial charge >= 0.3 is 0 Å². The van der Waals surface area contributed by atoms with Crippen molar-refractivity contribution in [2.24, 2.45) is 5.92 Å². The molecular weight excluding hydrogens is 474 g/mol. The minimum Gasteiger partial charge on any atom is -0.315 e. The van der Waals surface area contributed by atoms with Crippen LogP contribution in [-0.4, -0.2) is 39.0 Å². The standard InChI is InChI=1S/C13H18N4.C12H15N5.2C2H6/c1-8(2)11-12-13(16-9(3)15-11)17(7-14-12)6-10-4-5-10;1-8(2)10-11-12(16-9(3)15-10)17(7-14-11)6-4-5-13;2*1-2/h7-8,10H,4-6H2,1-3H3;7-8H,4,6H2,1-3H3;2*1-2H3. The molecule has 9 heteroatoms. The maximum atomic E-state index is 8.62. The van der Waals surface area contributed by atoms with Gasteiger partial charge in [0.15, 0.2) is 11.3 Å². The number of nitriles is 1. The zero-order valence-electron chi connectivity index (χ0n) is 24.9. The SMILES string of the molecule is CC.CC.Cc1nc(C(C)C)c2ncn(CC3CC3)c2n1.Cc1nc(C(C)C)c2ncn(CCC#N)c2n1. The topological polar surface area (TPSA) is 111 Å². The van der Waals surface area contributed by atoms with Crippen molar-refractivity contribution < 1.29 is 0 Å². The zero-order valence-corrected chi connectivity index (χ0v) is 24.9. The Kier molecular flexibility index (Phi) is 11.8. The van der Waals surface area contributed by atoms with Gasteiger partial charge in [-0.1, -0.05) is 55.4 Å². The summed E-state index contributed by atoms with van der Waals surface area (Å²) in [5.74, 6) is 3.14. The van der Waals surface area contributed by atoms with Crippen LogP contribution in [0.1, 0.15) is 110 Å². The van der Waals surface area contributed by atoms with Crippen LogP contribution in [0, 0.1) is 31.1 Å². The summed E-state index contributed by atoms with van der Waals surface area (Å²) in [7, 11) is 0. The summed E-state index contributed by atoms with van der Waals surface area (Å²) in [6, 6.07) is 2.13. The van der Waals surface area contributed by atoms with Crippen molar-refractivity contribution >= 4 is 22.3 Å². The lowest BCUT2D eigenvalue weighted by Crippen LogP contribution is -2.03. The zero-order chi connectivity index (χ0) is 28.4. The predicted molar refractivity (Wildman–Crippen MR) is 154 cm³/mol. The minimum absolute atomic E-state index is 0.318.